The number of anilines is 1. The summed E-state index contributed by atoms with van der Waals surface area (Å²) in [7, 11) is -1.72. The second-order valence-electron chi connectivity index (χ2n) is 8.40. The number of aryl methyl sites for hydroxylation is 1. The number of pyridine rings is 1. The van der Waals surface area contributed by atoms with E-state index in [0.29, 0.717) is 49.4 Å². The number of aromatic nitrogens is 3. The minimum atomic E-state index is -3.56. The quantitative estimate of drug-likeness (QED) is 0.493. The van der Waals surface area contributed by atoms with E-state index in [1.165, 1.54) is 6.20 Å². The second-order valence-corrected chi connectivity index (χ2v) is 10.2. The predicted octanol–water partition coefficient (Wildman–Crippen LogP) is 2.84. The zero-order valence-electron chi connectivity index (χ0n) is 19.8. The average molecular weight is 480 g/mol. The van der Waals surface area contributed by atoms with Crippen molar-refractivity contribution in [3.63, 3.8) is 0 Å². The number of urea groups is 1. The van der Waals surface area contributed by atoms with Crippen molar-refractivity contribution in [2.75, 3.05) is 32.1 Å². The third kappa shape index (κ3) is 5.81. The molecule has 0 spiro atoms. The van der Waals surface area contributed by atoms with Gasteiger partial charge in [-0.15, -0.1) is 4.36 Å². The Morgan fingerprint density at radius 2 is 2.12 bits per heavy atom. The molecule has 11 nitrogen and oxygen atoms in total. The van der Waals surface area contributed by atoms with Gasteiger partial charge in [0.1, 0.15) is 11.5 Å². The molecule has 0 fully saturated rings. The van der Waals surface area contributed by atoms with E-state index in [4.69, 9.17) is 14.6 Å². The fraction of sp³-hybridized carbons (Fsp3) is 0.571. The Morgan fingerprint density at radius 1 is 1.36 bits per heavy atom. The summed E-state index contributed by atoms with van der Waals surface area (Å²) < 4.78 is 29.8. The Morgan fingerprint density at radius 3 is 2.79 bits per heavy atom. The highest BCUT2D eigenvalue weighted by Crippen LogP contribution is 2.34. The van der Waals surface area contributed by atoms with Crippen LogP contribution in [0.25, 0.3) is 0 Å². The van der Waals surface area contributed by atoms with Crippen LogP contribution in [0.5, 0.6) is 11.8 Å². The molecule has 182 valence electrons. The lowest BCUT2D eigenvalue weighted by Gasteiger charge is -2.20. The first-order valence-electron chi connectivity index (χ1n) is 11.0. The van der Waals surface area contributed by atoms with E-state index in [-0.39, 0.29) is 16.7 Å². The summed E-state index contributed by atoms with van der Waals surface area (Å²) in [5.74, 6) is 0.828. The van der Waals surface area contributed by atoms with Crippen molar-refractivity contribution in [3.8, 4) is 11.8 Å². The summed E-state index contributed by atoms with van der Waals surface area (Å²) in [4.78, 5) is 17.6. The molecule has 0 saturated carbocycles. The van der Waals surface area contributed by atoms with Gasteiger partial charge in [0.05, 0.1) is 24.2 Å². The maximum absolute atomic E-state index is 13.1. The fourth-order valence-electron chi connectivity index (χ4n) is 3.45. The highest BCUT2D eigenvalue weighted by molar-refractivity contribution is 7.91. The smallest absolute Gasteiger partial charge is 0.354 e. The van der Waals surface area contributed by atoms with E-state index < -0.39 is 15.9 Å². The van der Waals surface area contributed by atoms with E-state index >= 15 is 0 Å². The van der Waals surface area contributed by atoms with Crippen LogP contribution in [0, 0.1) is 0 Å². The highest BCUT2D eigenvalue weighted by Gasteiger charge is 2.25. The van der Waals surface area contributed by atoms with Gasteiger partial charge in [-0.3, -0.25) is 0 Å². The minimum absolute atomic E-state index is 0.0102. The van der Waals surface area contributed by atoms with E-state index in [0.717, 1.165) is 12.0 Å². The first-order valence-corrected chi connectivity index (χ1v) is 12.6. The first kappa shape index (κ1) is 24.9. The number of nitrogens with one attached hydrogen (secondary N) is 2. The van der Waals surface area contributed by atoms with E-state index in [1.807, 2.05) is 40.8 Å². The van der Waals surface area contributed by atoms with Gasteiger partial charge in [-0.25, -0.2) is 23.8 Å². The van der Waals surface area contributed by atoms with Crippen molar-refractivity contribution >= 4 is 21.6 Å². The molecule has 1 atom stereocenters. The standard InChI is InChI=1S/C21H33N7O4S/c1-13(2)15-11-17(31-10-7-23-5)25-18(14(3)4)19(15)26-21(29)27-33(22,30)16-12-24-28-8-6-9-32-20(16)28/h11-14,23H,6-10H2,1-5H3,(H3,22,26,27,29,30). The van der Waals surface area contributed by atoms with Crippen molar-refractivity contribution in [2.24, 2.45) is 9.50 Å². The summed E-state index contributed by atoms with van der Waals surface area (Å²) in [5, 5.41) is 15.9. The van der Waals surface area contributed by atoms with Gasteiger partial charge < -0.3 is 20.1 Å². The molecule has 2 aromatic heterocycles. The van der Waals surface area contributed by atoms with Gasteiger partial charge in [-0.1, -0.05) is 27.7 Å². The largest absolute Gasteiger partial charge is 0.477 e. The molecule has 0 radical (unpaired) electrons. The topological polar surface area (TPSA) is 146 Å². The Kier molecular flexibility index (Phi) is 7.92. The van der Waals surface area contributed by atoms with Gasteiger partial charge in [0.25, 0.3) is 0 Å². The van der Waals surface area contributed by atoms with Crippen molar-refractivity contribution in [1.29, 1.82) is 0 Å². The van der Waals surface area contributed by atoms with Crippen molar-refractivity contribution in [1.82, 2.24) is 20.1 Å². The summed E-state index contributed by atoms with van der Waals surface area (Å²) >= 11 is 0. The lowest BCUT2D eigenvalue weighted by atomic mass is 9.97. The Labute approximate surface area is 194 Å². The van der Waals surface area contributed by atoms with Crippen LogP contribution in [0.15, 0.2) is 21.5 Å². The van der Waals surface area contributed by atoms with Gasteiger partial charge in [-0.2, -0.15) is 5.10 Å². The molecule has 2 amide bonds. The molecule has 0 bridgehead atoms. The number of hydrogen-bond acceptors (Lipinski definition) is 7. The van der Waals surface area contributed by atoms with E-state index in [2.05, 4.69) is 25.1 Å². The van der Waals surface area contributed by atoms with Crippen LogP contribution in [-0.2, 0) is 16.5 Å². The molecule has 4 N–H and O–H groups in total. The summed E-state index contributed by atoms with van der Waals surface area (Å²) in [6.45, 7) is 10.2. The molecule has 1 aliphatic rings. The summed E-state index contributed by atoms with van der Waals surface area (Å²) in [6, 6.07) is 0.983. The molecule has 3 heterocycles. The number of likely N-dealkylation sites (N-methyl/N-ethyl adjacent to an activating group) is 1. The van der Waals surface area contributed by atoms with Crippen LogP contribution in [0.4, 0.5) is 10.5 Å². The zero-order valence-corrected chi connectivity index (χ0v) is 20.6. The average Bonchev–Trinajstić information content (AvgIpc) is 3.19. The molecular formula is C21H33N7O4S. The number of fused-ring (bicyclic) bond motifs is 1. The lowest BCUT2D eigenvalue weighted by Crippen LogP contribution is -2.21. The van der Waals surface area contributed by atoms with Crippen molar-refractivity contribution in [3.05, 3.63) is 23.5 Å². The Bertz CT molecular complexity index is 1090. The Balaban J connectivity index is 1.95. The number of amides is 2. The maximum Gasteiger partial charge on any atom is 0.354 e. The van der Waals surface area contributed by atoms with E-state index in [1.54, 1.807) is 4.68 Å². The van der Waals surface area contributed by atoms with Gasteiger partial charge in [0, 0.05) is 25.6 Å². The normalized spacial score (nSPS) is 15.0. The first-order chi connectivity index (χ1) is 15.6. The van der Waals surface area contributed by atoms with E-state index in [9.17, 15) is 9.00 Å². The third-order valence-corrected chi connectivity index (χ3v) is 6.45. The van der Waals surface area contributed by atoms with Gasteiger partial charge in [0.15, 0.2) is 9.92 Å². The van der Waals surface area contributed by atoms with Gasteiger partial charge in [-0.05, 0) is 24.4 Å². The highest BCUT2D eigenvalue weighted by atomic mass is 32.2. The van der Waals surface area contributed by atoms with Crippen LogP contribution in [-0.4, -0.2) is 51.8 Å². The molecule has 1 unspecified atom stereocenters. The number of nitrogens with zero attached hydrogens (tertiary/aromatic N) is 4. The number of rotatable bonds is 8. The number of hydrogen-bond donors (Lipinski definition) is 3. The van der Waals surface area contributed by atoms with Gasteiger partial charge in [0.2, 0.25) is 11.8 Å². The third-order valence-electron chi connectivity index (χ3n) is 5.10. The van der Waals surface area contributed by atoms with Crippen LogP contribution >= 0.6 is 0 Å². The molecule has 33 heavy (non-hydrogen) atoms. The number of nitrogens with two attached hydrogens (primary N) is 1. The molecule has 0 saturated heterocycles. The molecule has 3 rings (SSSR count). The monoisotopic (exact) mass is 479 g/mol. The van der Waals surface area contributed by atoms with Crippen molar-refractivity contribution < 1.29 is 18.5 Å². The predicted molar refractivity (Wildman–Crippen MR) is 126 cm³/mol. The number of carbonyl (C=O) groups excluding carboxylic acids is 1. The minimum Gasteiger partial charge on any atom is -0.477 e. The Hall–Kier alpha value is -2.70. The van der Waals surface area contributed by atoms with Crippen molar-refractivity contribution in [2.45, 2.75) is 57.4 Å². The second kappa shape index (κ2) is 10.5. The van der Waals surface area contributed by atoms with Gasteiger partial charge >= 0.3 is 6.03 Å². The molecular weight excluding hydrogens is 446 g/mol. The molecule has 1 aliphatic heterocycles. The number of ether oxygens (including phenoxy) is 2. The molecule has 0 aromatic carbocycles. The van der Waals surface area contributed by atoms with Crippen LogP contribution in [0.2, 0.25) is 0 Å². The summed E-state index contributed by atoms with van der Waals surface area (Å²) in [5.41, 5.74) is 2.02. The lowest BCUT2D eigenvalue weighted by molar-refractivity contribution is 0.224. The molecule has 0 aliphatic carbocycles. The summed E-state index contributed by atoms with van der Waals surface area (Å²) in [6.07, 6.45) is 2.13. The fourth-order valence-corrected chi connectivity index (χ4v) is 4.45. The van der Waals surface area contributed by atoms with Crippen LogP contribution in [0.1, 0.15) is 57.2 Å². The number of carbonyl (C=O) groups is 1. The maximum atomic E-state index is 13.1. The SMILES string of the molecule is CNCCOc1cc(C(C)C)c(NC(=O)N=S(N)(=O)c2cnn3c2OCCC3)c(C(C)C)n1. The zero-order chi connectivity index (χ0) is 24.2. The molecule has 12 heteroatoms. The van der Waals surface area contributed by atoms with Crippen LogP contribution < -0.4 is 25.2 Å². The molecule has 2 aromatic rings. The van der Waals surface area contributed by atoms with Crippen LogP contribution in [0.3, 0.4) is 0 Å².